The number of aromatic amines is 1. The fourth-order valence-electron chi connectivity index (χ4n) is 6.73. The zero-order valence-electron chi connectivity index (χ0n) is 16.4. The number of H-pyrrole nitrogens is 1. The monoisotopic (exact) mass is 462 g/mol. The zero-order valence-corrected chi connectivity index (χ0v) is 18.0. The van der Waals surface area contributed by atoms with Crippen molar-refractivity contribution in [3.8, 4) is 0 Å². The van der Waals surface area contributed by atoms with Gasteiger partial charge in [0.2, 0.25) is 5.91 Å². The number of hydrogen-bond acceptors (Lipinski definition) is 3. The number of nitrogens with zero attached hydrogens (tertiary/aromatic N) is 1. The molecular formula is C21H27BrN4O3. The Kier molecular flexibility index (Phi) is 4.72. The largest absolute Gasteiger partial charge is 0.356 e. The highest BCUT2D eigenvalue weighted by Crippen LogP contribution is 2.60. The van der Waals surface area contributed by atoms with E-state index in [0.29, 0.717) is 36.4 Å². The molecule has 2 heterocycles. The average molecular weight is 463 g/mol. The van der Waals surface area contributed by atoms with Crippen LogP contribution in [0, 0.1) is 23.2 Å². The van der Waals surface area contributed by atoms with Gasteiger partial charge in [0.15, 0.2) is 0 Å². The Morgan fingerprint density at radius 3 is 2.31 bits per heavy atom. The first-order chi connectivity index (χ1) is 13.9. The number of nitrogens with one attached hydrogen (secondary N) is 3. The summed E-state index contributed by atoms with van der Waals surface area (Å²) < 4.78 is 0.761. The summed E-state index contributed by atoms with van der Waals surface area (Å²) in [5, 5.41) is 0. The standard InChI is InChI=1S/C21H27BrN4O3/c22-15-7-16(23-11-15)18(27)24-25-19(28)17-2-1-3-26(17)20(29)21-8-12-4-13(9-21)6-14(5-12)10-21/h7,11-14,17,23H,1-6,8-10H2,(H,24,27)(H,25,28). The van der Waals surface area contributed by atoms with Crippen LogP contribution in [0.25, 0.3) is 0 Å². The Morgan fingerprint density at radius 2 is 1.72 bits per heavy atom. The molecule has 5 fully saturated rings. The van der Waals surface area contributed by atoms with E-state index in [4.69, 9.17) is 0 Å². The molecule has 4 bridgehead atoms. The van der Waals surface area contributed by atoms with Crippen LogP contribution >= 0.6 is 15.9 Å². The first-order valence-electron chi connectivity index (χ1n) is 10.7. The van der Waals surface area contributed by atoms with Gasteiger partial charge in [-0.1, -0.05) is 0 Å². The molecule has 7 nitrogen and oxygen atoms in total. The van der Waals surface area contributed by atoms with Gasteiger partial charge in [0.25, 0.3) is 11.8 Å². The summed E-state index contributed by atoms with van der Waals surface area (Å²) in [6, 6.07) is 1.14. The Labute approximate surface area is 178 Å². The predicted molar refractivity (Wildman–Crippen MR) is 109 cm³/mol. The van der Waals surface area contributed by atoms with Crippen molar-refractivity contribution in [3.63, 3.8) is 0 Å². The molecule has 1 unspecified atom stereocenters. The van der Waals surface area contributed by atoms with E-state index in [2.05, 4.69) is 31.8 Å². The number of carbonyl (C=O) groups excluding carboxylic acids is 3. The average Bonchev–Trinajstić information content (AvgIpc) is 3.33. The third kappa shape index (κ3) is 3.39. The second-order valence-electron chi connectivity index (χ2n) is 9.53. The Hall–Kier alpha value is -1.83. The molecule has 3 N–H and O–H groups in total. The van der Waals surface area contributed by atoms with Crippen LogP contribution in [-0.4, -0.2) is 40.2 Å². The summed E-state index contributed by atoms with van der Waals surface area (Å²) in [5.74, 6) is 1.55. The van der Waals surface area contributed by atoms with Crippen LogP contribution in [0.5, 0.6) is 0 Å². The minimum atomic E-state index is -0.494. The molecular weight excluding hydrogens is 436 g/mol. The maximum Gasteiger partial charge on any atom is 0.286 e. The van der Waals surface area contributed by atoms with Crippen molar-refractivity contribution < 1.29 is 14.4 Å². The summed E-state index contributed by atoms with van der Waals surface area (Å²) in [6.45, 7) is 0.635. The third-order valence-corrected chi connectivity index (χ3v) is 7.96. The molecule has 1 atom stereocenters. The van der Waals surface area contributed by atoms with E-state index in [-0.39, 0.29) is 17.2 Å². The van der Waals surface area contributed by atoms with Crippen LogP contribution in [0.15, 0.2) is 16.7 Å². The molecule has 1 aromatic heterocycles. The minimum Gasteiger partial charge on any atom is -0.356 e. The fraction of sp³-hybridized carbons (Fsp3) is 0.667. The Bertz CT molecular complexity index is 815. The van der Waals surface area contributed by atoms with Gasteiger partial charge in [-0.25, -0.2) is 0 Å². The number of hydrazine groups is 1. The molecule has 6 rings (SSSR count). The quantitative estimate of drug-likeness (QED) is 0.602. The number of likely N-dealkylation sites (tertiary alicyclic amines) is 1. The third-order valence-electron chi connectivity index (χ3n) is 7.50. The SMILES string of the molecule is O=C(NNC(=O)C1CCCN1C(=O)C12CC3CC(CC(C3)C1)C2)c1cc(Br)c[nH]1. The van der Waals surface area contributed by atoms with Gasteiger partial charge in [-0.05, 0) is 91.1 Å². The van der Waals surface area contributed by atoms with Gasteiger partial charge >= 0.3 is 0 Å². The minimum absolute atomic E-state index is 0.189. The van der Waals surface area contributed by atoms with Crippen molar-refractivity contribution in [2.24, 2.45) is 23.2 Å². The Balaban J connectivity index is 1.24. The van der Waals surface area contributed by atoms with Crippen molar-refractivity contribution in [1.82, 2.24) is 20.7 Å². The van der Waals surface area contributed by atoms with Crippen LogP contribution in [-0.2, 0) is 9.59 Å². The smallest absolute Gasteiger partial charge is 0.286 e. The van der Waals surface area contributed by atoms with Gasteiger partial charge < -0.3 is 9.88 Å². The van der Waals surface area contributed by atoms with E-state index in [0.717, 1.165) is 30.2 Å². The fourth-order valence-corrected chi connectivity index (χ4v) is 7.07. The molecule has 8 heteroatoms. The molecule has 4 aliphatic carbocycles. The molecule has 1 aromatic rings. The van der Waals surface area contributed by atoms with Gasteiger partial charge in [-0.15, -0.1) is 0 Å². The number of aromatic nitrogens is 1. The lowest BCUT2D eigenvalue weighted by molar-refractivity contribution is -0.160. The summed E-state index contributed by atoms with van der Waals surface area (Å²) in [6.07, 6.45) is 10.00. The van der Waals surface area contributed by atoms with Crippen LogP contribution in [0.3, 0.4) is 0 Å². The van der Waals surface area contributed by atoms with Crippen molar-refractivity contribution in [2.75, 3.05) is 6.54 Å². The number of carbonyl (C=O) groups is 3. The second kappa shape index (κ2) is 7.15. The lowest BCUT2D eigenvalue weighted by atomic mass is 9.49. The van der Waals surface area contributed by atoms with Gasteiger partial charge in [0.05, 0.1) is 5.41 Å². The van der Waals surface area contributed by atoms with Crippen molar-refractivity contribution in [2.45, 2.75) is 57.4 Å². The topological polar surface area (TPSA) is 94.3 Å². The molecule has 29 heavy (non-hydrogen) atoms. The maximum absolute atomic E-state index is 13.6. The molecule has 156 valence electrons. The summed E-state index contributed by atoms with van der Waals surface area (Å²) in [7, 11) is 0. The molecule has 1 aliphatic heterocycles. The highest BCUT2D eigenvalue weighted by Gasteiger charge is 2.56. The van der Waals surface area contributed by atoms with E-state index < -0.39 is 11.9 Å². The van der Waals surface area contributed by atoms with Crippen molar-refractivity contribution >= 4 is 33.7 Å². The molecule has 3 amide bonds. The number of amides is 3. The van der Waals surface area contributed by atoms with Crippen molar-refractivity contribution in [3.05, 3.63) is 22.4 Å². The first kappa shape index (κ1) is 19.2. The molecule has 0 aromatic carbocycles. The van der Waals surface area contributed by atoms with E-state index >= 15 is 0 Å². The van der Waals surface area contributed by atoms with E-state index in [1.807, 2.05) is 0 Å². The highest BCUT2D eigenvalue weighted by molar-refractivity contribution is 9.10. The van der Waals surface area contributed by atoms with Crippen LogP contribution in [0.1, 0.15) is 61.9 Å². The first-order valence-corrected chi connectivity index (χ1v) is 11.5. The maximum atomic E-state index is 13.6. The molecule has 0 spiro atoms. The number of hydrogen-bond donors (Lipinski definition) is 3. The highest BCUT2D eigenvalue weighted by atomic mass is 79.9. The van der Waals surface area contributed by atoms with Crippen molar-refractivity contribution in [1.29, 1.82) is 0 Å². The summed E-state index contributed by atoms with van der Waals surface area (Å²) in [4.78, 5) is 43.2. The number of rotatable bonds is 3. The van der Waals surface area contributed by atoms with Crippen LogP contribution in [0.2, 0.25) is 0 Å². The van der Waals surface area contributed by atoms with Crippen LogP contribution < -0.4 is 10.9 Å². The molecule has 0 radical (unpaired) electrons. The normalized spacial score (nSPS) is 35.0. The van der Waals surface area contributed by atoms with E-state index in [9.17, 15) is 14.4 Å². The Morgan fingerprint density at radius 1 is 1.07 bits per heavy atom. The summed E-state index contributed by atoms with van der Waals surface area (Å²) >= 11 is 3.28. The molecule has 5 aliphatic rings. The summed E-state index contributed by atoms with van der Waals surface area (Å²) in [5.41, 5.74) is 5.09. The second-order valence-corrected chi connectivity index (χ2v) is 10.4. The van der Waals surface area contributed by atoms with Gasteiger partial charge in [0.1, 0.15) is 11.7 Å². The lowest BCUT2D eigenvalue weighted by Crippen LogP contribution is -2.58. The predicted octanol–water partition coefficient (Wildman–Crippen LogP) is 2.75. The lowest BCUT2D eigenvalue weighted by Gasteiger charge is -2.56. The van der Waals surface area contributed by atoms with E-state index in [1.165, 1.54) is 19.3 Å². The molecule has 4 saturated carbocycles. The van der Waals surface area contributed by atoms with Gasteiger partial charge in [-0.3, -0.25) is 25.2 Å². The molecule has 1 saturated heterocycles. The van der Waals surface area contributed by atoms with Gasteiger partial charge in [-0.2, -0.15) is 0 Å². The zero-order chi connectivity index (χ0) is 20.2. The van der Waals surface area contributed by atoms with E-state index in [1.54, 1.807) is 17.2 Å². The van der Waals surface area contributed by atoms with Crippen LogP contribution in [0.4, 0.5) is 0 Å². The number of halogens is 1. The van der Waals surface area contributed by atoms with Gasteiger partial charge in [0, 0.05) is 17.2 Å².